The van der Waals surface area contributed by atoms with Crippen molar-refractivity contribution >= 4 is 19.8 Å². The van der Waals surface area contributed by atoms with Crippen molar-refractivity contribution in [3.8, 4) is 0 Å². The Hall–Kier alpha value is -1.47. The fourth-order valence-electron chi connectivity index (χ4n) is 5.11. The minimum atomic E-state index is -4.75. The second-order valence-corrected chi connectivity index (χ2v) is 13.8. The first kappa shape index (κ1) is 44.5. The fraction of sp³-hybridized carbons (Fsp3) is 0.838. The number of esters is 2. The molecule has 0 fully saturated rings. The fourth-order valence-corrected chi connectivity index (χ4v) is 5.47. The van der Waals surface area contributed by atoms with E-state index >= 15 is 0 Å². The third-order valence-corrected chi connectivity index (χ3v) is 8.43. The van der Waals surface area contributed by atoms with Gasteiger partial charge in [0.05, 0.1) is 6.61 Å². The minimum absolute atomic E-state index is 0.209. The lowest BCUT2D eigenvalue weighted by atomic mass is 10.1. The topological polar surface area (TPSA) is 119 Å². The van der Waals surface area contributed by atoms with Crippen LogP contribution in [-0.2, 0) is 28.2 Å². The molecule has 0 aliphatic heterocycles. The highest BCUT2D eigenvalue weighted by Crippen LogP contribution is 2.36. The Morgan fingerprint density at radius 3 is 1.39 bits per heavy atom. The molecule has 0 amide bonds. The average Bonchev–Trinajstić information content (AvgIpc) is 3.02. The molecule has 8 nitrogen and oxygen atoms in total. The maximum atomic E-state index is 12.3. The van der Waals surface area contributed by atoms with Crippen LogP contribution in [0, 0.1) is 0 Å². The van der Waals surface area contributed by atoms with E-state index in [9.17, 15) is 14.2 Å². The van der Waals surface area contributed by atoms with Crippen LogP contribution in [0.3, 0.4) is 0 Å². The number of hydrogen-bond donors (Lipinski definition) is 2. The van der Waals surface area contributed by atoms with Gasteiger partial charge >= 0.3 is 19.8 Å². The molecule has 2 N–H and O–H groups in total. The number of hydrogen-bond acceptors (Lipinski definition) is 6. The lowest BCUT2D eigenvalue weighted by molar-refractivity contribution is -0.161. The molecule has 270 valence electrons. The highest BCUT2D eigenvalue weighted by molar-refractivity contribution is 7.46. The molecule has 0 radical (unpaired) electrons. The predicted octanol–water partition coefficient (Wildman–Crippen LogP) is 10.8. The second-order valence-electron chi connectivity index (χ2n) is 12.5. The van der Waals surface area contributed by atoms with Gasteiger partial charge < -0.3 is 19.3 Å². The van der Waals surface area contributed by atoms with E-state index in [1.165, 1.54) is 83.5 Å². The Balaban J connectivity index is 3.95. The Bertz CT molecular complexity index is 807. The summed E-state index contributed by atoms with van der Waals surface area (Å²) >= 11 is 0. The highest BCUT2D eigenvalue weighted by Gasteiger charge is 2.22. The molecule has 0 rings (SSSR count). The molecule has 0 aromatic heterocycles. The summed E-state index contributed by atoms with van der Waals surface area (Å²) < 4.78 is 26.3. The van der Waals surface area contributed by atoms with E-state index in [2.05, 4.69) is 42.7 Å². The minimum Gasteiger partial charge on any atom is -0.462 e. The predicted molar refractivity (Wildman–Crippen MR) is 189 cm³/mol. The summed E-state index contributed by atoms with van der Waals surface area (Å²) in [7, 11) is -4.75. The van der Waals surface area contributed by atoms with Gasteiger partial charge in [-0.15, -0.1) is 0 Å². The van der Waals surface area contributed by atoms with Crippen LogP contribution >= 0.6 is 7.82 Å². The van der Waals surface area contributed by atoms with Gasteiger partial charge in [0.2, 0.25) is 0 Å². The van der Waals surface area contributed by atoms with Gasteiger partial charge in [0.25, 0.3) is 0 Å². The third kappa shape index (κ3) is 35.4. The lowest BCUT2D eigenvalue weighted by Crippen LogP contribution is -2.29. The monoisotopic (exact) mass is 672 g/mol. The van der Waals surface area contributed by atoms with Gasteiger partial charge in [-0.3, -0.25) is 14.1 Å². The Kier molecular flexibility index (Phi) is 32.4. The van der Waals surface area contributed by atoms with Gasteiger partial charge in [0.15, 0.2) is 6.10 Å². The van der Waals surface area contributed by atoms with E-state index in [0.29, 0.717) is 12.8 Å². The van der Waals surface area contributed by atoms with Crippen LogP contribution in [0.4, 0.5) is 0 Å². The molecule has 0 spiro atoms. The van der Waals surface area contributed by atoms with E-state index in [-0.39, 0.29) is 19.4 Å². The van der Waals surface area contributed by atoms with Crippen LogP contribution in [0.15, 0.2) is 24.3 Å². The van der Waals surface area contributed by atoms with Crippen molar-refractivity contribution in [1.29, 1.82) is 0 Å². The quantitative estimate of drug-likeness (QED) is 0.0300. The van der Waals surface area contributed by atoms with Gasteiger partial charge in [-0.05, 0) is 57.8 Å². The molecule has 0 aromatic rings. The summed E-state index contributed by atoms with van der Waals surface area (Å²) in [5.74, 6) is -0.897. The van der Waals surface area contributed by atoms with Crippen LogP contribution in [0.5, 0.6) is 0 Å². The van der Waals surface area contributed by atoms with Crippen molar-refractivity contribution in [2.24, 2.45) is 0 Å². The molecular formula is C37H69O8P. The van der Waals surface area contributed by atoms with E-state index in [0.717, 1.165) is 57.8 Å². The van der Waals surface area contributed by atoms with E-state index in [4.69, 9.17) is 19.3 Å². The van der Waals surface area contributed by atoms with Crippen LogP contribution in [0.1, 0.15) is 181 Å². The van der Waals surface area contributed by atoms with Gasteiger partial charge in [0.1, 0.15) is 6.61 Å². The van der Waals surface area contributed by atoms with Crippen LogP contribution in [0.25, 0.3) is 0 Å². The first-order valence-electron chi connectivity index (χ1n) is 18.6. The molecule has 0 aliphatic carbocycles. The number of allylic oxidation sites excluding steroid dienone is 4. The zero-order chi connectivity index (χ0) is 34.0. The van der Waals surface area contributed by atoms with Gasteiger partial charge in [-0.25, -0.2) is 4.57 Å². The van der Waals surface area contributed by atoms with Crippen molar-refractivity contribution in [1.82, 2.24) is 0 Å². The standard InChI is InChI=1S/C37H69O8P/c1-3-5-7-9-11-13-15-16-17-18-19-20-22-24-26-28-30-32-37(39)45-35(34-44-46(40,41)42)33-43-36(38)31-29-27-25-23-21-14-12-10-8-6-4-2/h10,12-13,15,35H,3-9,11,14,16-34H2,1-2H3,(H2,40,41,42)/b12-10+,15-13+/t35-/m1/s1. The molecule has 0 aromatic carbocycles. The Labute approximate surface area is 281 Å². The molecule has 0 aliphatic rings. The second kappa shape index (κ2) is 33.4. The van der Waals surface area contributed by atoms with Gasteiger partial charge in [0, 0.05) is 12.8 Å². The molecule has 46 heavy (non-hydrogen) atoms. The zero-order valence-electron chi connectivity index (χ0n) is 29.5. The molecule has 0 heterocycles. The summed E-state index contributed by atoms with van der Waals surface area (Å²) in [6, 6.07) is 0. The van der Waals surface area contributed by atoms with Crippen molar-refractivity contribution in [2.45, 2.75) is 187 Å². The Morgan fingerprint density at radius 1 is 0.543 bits per heavy atom. The van der Waals surface area contributed by atoms with E-state index < -0.39 is 32.5 Å². The summed E-state index contributed by atoms with van der Waals surface area (Å²) in [6.07, 6.45) is 36.1. The first-order chi connectivity index (χ1) is 22.3. The van der Waals surface area contributed by atoms with Crippen molar-refractivity contribution < 1.29 is 37.9 Å². The number of carbonyl (C=O) groups excluding carboxylic acids is 2. The lowest BCUT2D eigenvalue weighted by Gasteiger charge is -2.18. The van der Waals surface area contributed by atoms with E-state index in [1.807, 2.05) is 0 Å². The van der Waals surface area contributed by atoms with Crippen molar-refractivity contribution in [2.75, 3.05) is 13.2 Å². The highest BCUT2D eigenvalue weighted by atomic mass is 31.2. The van der Waals surface area contributed by atoms with Crippen LogP contribution in [0.2, 0.25) is 0 Å². The van der Waals surface area contributed by atoms with Gasteiger partial charge in [-0.1, -0.05) is 134 Å². The molecule has 1 atom stereocenters. The average molecular weight is 673 g/mol. The number of carbonyl (C=O) groups is 2. The smallest absolute Gasteiger partial charge is 0.462 e. The number of unbranched alkanes of at least 4 members (excludes halogenated alkanes) is 20. The zero-order valence-corrected chi connectivity index (χ0v) is 30.4. The SMILES string of the molecule is CCCC/C=C/CCCCCCCC(=O)OC[C@H](COP(=O)(O)O)OC(=O)CCCCCCCCCCC/C=C/CCCCCC. The Morgan fingerprint density at radius 2 is 0.935 bits per heavy atom. The van der Waals surface area contributed by atoms with Crippen molar-refractivity contribution in [3.05, 3.63) is 24.3 Å². The number of phosphoric ester groups is 1. The number of rotatable bonds is 34. The summed E-state index contributed by atoms with van der Waals surface area (Å²) in [4.78, 5) is 42.6. The van der Waals surface area contributed by atoms with Crippen LogP contribution < -0.4 is 0 Å². The largest absolute Gasteiger partial charge is 0.469 e. The molecule has 0 unspecified atom stereocenters. The molecule has 0 saturated heterocycles. The van der Waals surface area contributed by atoms with Crippen molar-refractivity contribution in [3.63, 3.8) is 0 Å². The summed E-state index contributed by atoms with van der Waals surface area (Å²) in [5.41, 5.74) is 0. The maximum Gasteiger partial charge on any atom is 0.469 e. The molecule has 9 heteroatoms. The third-order valence-electron chi connectivity index (χ3n) is 7.94. The molecule has 0 bridgehead atoms. The van der Waals surface area contributed by atoms with Crippen LogP contribution in [-0.4, -0.2) is 41.0 Å². The van der Waals surface area contributed by atoms with Gasteiger partial charge in [-0.2, -0.15) is 0 Å². The first-order valence-corrected chi connectivity index (χ1v) is 20.2. The molecule has 0 saturated carbocycles. The maximum absolute atomic E-state index is 12.3. The van der Waals surface area contributed by atoms with E-state index in [1.54, 1.807) is 0 Å². The molecular weight excluding hydrogens is 603 g/mol. The normalized spacial score (nSPS) is 12.7. The summed E-state index contributed by atoms with van der Waals surface area (Å²) in [6.45, 7) is 3.62. The number of ether oxygens (including phenoxy) is 2. The number of phosphoric acid groups is 1. The summed E-state index contributed by atoms with van der Waals surface area (Å²) in [5, 5.41) is 0.